The summed E-state index contributed by atoms with van der Waals surface area (Å²) in [6.45, 7) is 2.20. The van der Waals surface area contributed by atoms with Gasteiger partial charge in [-0.15, -0.1) is 0 Å². The molecule has 2 aromatic carbocycles. The van der Waals surface area contributed by atoms with Gasteiger partial charge in [0.1, 0.15) is 0 Å². The maximum absolute atomic E-state index is 6.07. The van der Waals surface area contributed by atoms with Crippen molar-refractivity contribution in [1.82, 2.24) is 0 Å². The molecule has 0 aliphatic rings. The Hall–Kier alpha value is -2.02. The van der Waals surface area contributed by atoms with Crippen LogP contribution in [-0.4, -0.2) is 0 Å². The highest BCUT2D eigenvalue weighted by Gasteiger charge is 2.02. The predicted octanol–water partition coefficient (Wildman–Crippen LogP) is 7.96. The molecule has 0 saturated heterocycles. The van der Waals surface area contributed by atoms with E-state index in [0.717, 1.165) is 11.3 Å². The lowest BCUT2D eigenvalue weighted by molar-refractivity contribution is 0.569. The molecule has 2 N–H and O–H groups in total. The van der Waals surface area contributed by atoms with Crippen molar-refractivity contribution in [2.45, 2.75) is 77.6 Å². The minimum atomic E-state index is 0.850. The van der Waals surface area contributed by atoms with E-state index in [4.69, 9.17) is 5.73 Å². The topological polar surface area (TPSA) is 26.0 Å². The molecule has 0 spiro atoms. The summed E-state index contributed by atoms with van der Waals surface area (Å²) >= 11 is 0. The summed E-state index contributed by atoms with van der Waals surface area (Å²) in [5.74, 6) is 0. The number of allylic oxidation sites excluding steroid dienone is 2. The summed E-state index contributed by atoms with van der Waals surface area (Å²) in [7, 11) is 0. The molecule has 146 valence electrons. The molecule has 0 aromatic heterocycles. The van der Waals surface area contributed by atoms with Gasteiger partial charge in [-0.05, 0) is 49.3 Å². The third kappa shape index (κ3) is 8.47. The first-order valence-electron chi connectivity index (χ1n) is 10.9. The quantitative estimate of drug-likeness (QED) is 0.218. The van der Waals surface area contributed by atoms with Crippen LogP contribution in [0.2, 0.25) is 0 Å². The van der Waals surface area contributed by atoms with Gasteiger partial charge in [-0.3, -0.25) is 0 Å². The number of nitrogen functional groups attached to an aromatic ring is 1. The van der Waals surface area contributed by atoms with Crippen molar-refractivity contribution in [3.05, 3.63) is 66.2 Å². The maximum Gasteiger partial charge on any atom is 0.0393 e. The molecule has 0 amide bonds. The lowest BCUT2D eigenvalue weighted by Crippen LogP contribution is -1.90. The summed E-state index contributed by atoms with van der Waals surface area (Å²) < 4.78 is 0. The summed E-state index contributed by atoms with van der Waals surface area (Å²) in [5.41, 5.74) is 10.7. The van der Waals surface area contributed by atoms with E-state index in [-0.39, 0.29) is 0 Å². The Morgan fingerprint density at radius 1 is 0.704 bits per heavy atom. The number of aryl methyl sites for hydroxylation is 1. The number of hydrogen-bond donors (Lipinski definition) is 1. The highest BCUT2D eigenvalue weighted by atomic mass is 14.6. The minimum Gasteiger partial charge on any atom is -0.398 e. The molecule has 0 saturated carbocycles. The second-order valence-electron chi connectivity index (χ2n) is 7.53. The summed E-state index contributed by atoms with van der Waals surface area (Å²) in [6, 6.07) is 17.0. The largest absolute Gasteiger partial charge is 0.398 e. The van der Waals surface area contributed by atoms with Crippen LogP contribution in [0.4, 0.5) is 5.69 Å². The first kappa shape index (κ1) is 21.3. The van der Waals surface area contributed by atoms with Gasteiger partial charge in [0.15, 0.2) is 0 Å². The zero-order valence-corrected chi connectivity index (χ0v) is 17.1. The van der Waals surface area contributed by atoms with Crippen LogP contribution in [0, 0.1) is 0 Å². The molecular weight excluding hydrogens is 326 g/mol. The van der Waals surface area contributed by atoms with E-state index in [0.29, 0.717) is 0 Å². The molecule has 2 aromatic rings. The maximum atomic E-state index is 6.07. The average Bonchev–Trinajstić information content (AvgIpc) is 2.70. The van der Waals surface area contributed by atoms with Gasteiger partial charge in [0.2, 0.25) is 0 Å². The number of hydrogen-bond acceptors (Lipinski definition) is 1. The first-order chi connectivity index (χ1) is 13.3. The molecule has 0 fully saturated rings. The molecular formula is C26H37N. The highest BCUT2D eigenvalue weighted by Crippen LogP contribution is 2.25. The van der Waals surface area contributed by atoms with E-state index >= 15 is 0 Å². The summed E-state index contributed by atoms with van der Waals surface area (Å²) in [6.07, 6.45) is 19.3. The van der Waals surface area contributed by atoms with Gasteiger partial charge >= 0.3 is 0 Å². The van der Waals surface area contributed by atoms with Gasteiger partial charge in [0.05, 0.1) is 0 Å². The molecule has 1 nitrogen and oxygen atoms in total. The Morgan fingerprint density at radius 3 is 2.00 bits per heavy atom. The third-order valence-electron chi connectivity index (χ3n) is 5.21. The molecule has 0 aliphatic heterocycles. The van der Waals surface area contributed by atoms with Gasteiger partial charge in [-0.25, -0.2) is 0 Å². The van der Waals surface area contributed by atoms with Crippen LogP contribution in [0.5, 0.6) is 0 Å². The van der Waals surface area contributed by atoms with E-state index in [1.165, 1.54) is 81.8 Å². The number of nitrogens with two attached hydrogens (primary N) is 1. The normalized spacial score (nSPS) is 11.3. The molecule has 0 atom stereocenters. The molecule has 0 bridgehead atoms. The van der Waals surface area contributed by atoms with Crippen LogP contribution in [0.15, 0.2) is 60.7 Å². The van der Waals surface area contributed by atoms with E-state index in [1.807, 2.05) is 18.2 Å². The lowest BCUT2D eigenvalue weighted by atomic mass is 9.99. The summed E-state index contributed by atoms with van der Waals surface area (Å²) in [4.78, 5) is 0. The smallest absolute Gasteiger partial charge is 0.0393 e. The Kier molecular flexibility index (Phi) is 10.4. The number of anilines is 1. The van der Waals surface area contributed by atoms with Crippen molar-refractivity contribution in [2.75, 3.05) is 5.73 Å². The number of para-hydroxylation sites is 1. The van der Waals surface area contributed by atoms with Gasteiger partial charge in [-0.1, -0.05) is 100 Å². The standard InChI is InChI=1S/C26H37N/c1-2-3-4-5-6-7-8-9-10-11-12-13-16-23-19-21-24(22-20-23)25-17-14-15-18-26(25)27/h3-4,14-15,17-22H,2,5-13,16,27H2,1H3. The van der Waals surface area contributed by atoms with Crippen molar-refractivity contribution in [1.29, 1.82) is 0 Å². The van der Waals surface area contributed by atoms with Gasteiger partial charge in [0, 0.05) is 11.3 Å². The fourth-order valence-electron chi connectivity index (χ4n) is 3.55. The van der Waals surface area contributed by atoms with Crippen LogP contribution in [0.25, 0.3) is 11.1 Å². The van der Waals surface area contributed by atoms with E-state index in [9.17, 15) is 0 Å². The van der Waals surface area contributed by atoms with Crippen LogP contribution >= 0.6 is 0 Å². The number of benzene rings is 2. The second-order valence-corrected chi connectivity index (χ2v) is 7.53. The minimum absolute atomic E-state index is 0.850. The predicted molar refractivity (Wildman–Crippen MR) is 121 cm³/mol. The molecule has 0 aliphatic carbocycles. The Labute approximate surface area is 166 Å². The van der Waals surface area contributed by atoms with E-state index in [1.54, 1.807) is 0 Å². The molecule has 27 heavy (non-hydrogen) atoms. The van der Waals surface area contributed by atoms with Crippen LogP contribution in [0.1, 0.15) is 76.7 Å². The molecule has 0 heterocycles. The van der Waals surface area contributed by atoms with Crippen molar-refractivity contribution >= 4 is 5.69 Å². The van der Waals surface area contributed by atoms with Gasteiger partial charge in [-0.2, -0.15) is 0 Å². The Balaban J connectivity index is 1.54. The van der Waals surface area contributed by atoms with Crippen LogP contribution in [0.3, 0.4) is 0 Å². The van der Waals surface area contributed by atoms with Crippen LogP contribution < -0.4 is 5.73 Å². The van der Waals surface area contributed by atoms with E-state index < -0.39 is 0 Å². The number of unbranched alkanes of at least 4 members (excludes halogenated alkanes) is 8. The SMILES string of the molecule is CCC=CCCCCCCCCCCc1ccc(-c2ccccc2N)cc1. The Morgan fingerprint density at radius 2 is 1.33 bits per heavy atom. The molecule has 1 heteroatoms. The Bertz CT molecular complexity index is 654. The van der Waals surface area contributed by atoms with Gasteiger partial charge < -0.3 is 5.73 Å². The van der Waals surface area contributed by atoms with Gasteiger partial charge in [0.25, 0.3) is 0 Å². The highest BCUT2D eigenvalue weighted by molar-refractivity contribution is 5.76. The van der Waals surface area contributed by atoms with Crippen molar-refractivity contribution < 1.29 is 0 Å². The van der Waals surface area contributed by atoms with E-state index in [2.05, 4.69) is 49.4 Å². The zero-order chi connectivity index (χ0) is 19.2. The van der Waals surface area contributed by atoms with Crippen LogP contribution in [-0.2, 0) is 6.42 Å². The zero-order valence-electron chi connectivity index (χ0n) is 17.1. The lowest BCUT2D eigenvalue weighted by Gasteiger charge is -2.07. The number of rotatable bonds is 13. The van der Waals surface area contributed by atoms with Crippen molar-refractivity contribution in [3.8, 4) is 11.1 Å². The molecule has 2 rings (SSSR count). The fraction of sp³-hybridized carbons (Fsp3) is 0.462. The monoisotopic (exact) mass is 363 g/mol. The average molecular weight is 364 g/mol. The summed E-state index contributed by atoms with van der Waals surface area (Å²) in [5, 5.41) is 0. The van der Waals surface area contributed by atoms with Crippen molar-refractivity contribution in [2.24, 2.45) is 0 Å². The van der Waals surface area contributed by atoms with Crippen molar-refractivity contribution in [3.63, 3.8) is 0 Å². The molecule has 0 radical (unpaired) electrons. The first-order valence-corrected chi connectivity index (χ1v) is 10.9. The fourth-order valence-corrected chi connectivity index (χ4v) is 3.55. The third-order valence-corrected chi connectivity index (χ3v) is 5.21. The second kappa shape index (κ2) is 13.2. The molecule has 0 unspecified atom stereocenters.